The second kappa shape index (κ2) is 10.4. The van der Waals surface area contributed by atoms with E-state index in [1.54, 1.807) is 17.4 Å². The molecule has 5 aromatic heterocycles. The topological polar surface area (TPSA) is 82.3 Å². The minimum Gasteiger partial charge on any atom is -0.356 e. The molecule has 0 saturated heterocycles. The number of hydrogen-bond acceptors (Lipinski definition) is 5. The molecule has 0 fully saturated rings. The van der Waals surface area contributed by atoms with Crippen molar-refractivity contribution in [1.29, 1.82) is 0 Å². The number of pyridine rings is 2. The zero-order valence-electron chi connectivity index (χ0n) is 21.4. The number of nitrogens with zero attached hydrogens (tertiary/aromatic N) is 3. The minimum atomic E-state index is 0.655. The highest BCUT2D eigenvalue weighted by Crippen LogP contribution is 2.34. The summed E-state index contributed by atoms with van der Waals surface area (Å²) in [5.41, 5.74) is 10.2. The second-order valence-electron chi connectivity index (χ2n) is 9.03. The summed E-state index contributed by atoms with van der Waals surface area (Å²) in [5.74, 6) is 0. The highest BCUT2D eigenvalue weighted by Gasteiger charge is 2.15. The Morgan fingerprint density at radius 2 is 1.90 bits per heavy atom. The molecule has 7 heteroatoms. The third-order valence-electron chi connectivity index (χ3n) is 6.61. The SMILES string of the molecule is C=C/C(=C\C(=C/C)c1cnc2n[nH]c(-c3cc4c(-c5ccsc5)nccc4[nH]3)c2c1)NC(=C)c1ccccc1. The molecule has 1 aromatic carbocycles. The average molecular weight is 527 g/mol. The van der Waals surface area contributed by atoms with E-state index >= 15 is 0 Å². The van der Waals surface area contributed by atoms with Gasteiger partial charge in [-0.25, -0.2) is 4.98 Å². The Hall–Kier alpha value is -5.01. The van der Waals surface area contributed by atoms with Gasteiger partial charge in [0.15, 0.2) is 5.65 Å². The van der Waals surface area contributed by atoms with E-state index in [2.05, 4.69) is 78.7 Å². The largest absolute Gasteiger partial charge is 0.356 e. The molecule has 0 aliphatic heterocycles. The van der Waals surface area contributed by atoms with Crippen LogP contribution in [-0.2, 0) is 0 Å². The number of allylic oxidation sites excluding steroid dienone is 4. The third kappa shape index (κ3) is 4.71. The zero-order chi connectivity index (χ0) is 26.8. The molecule has 0 spiro atoms. The molecule has 190 valence electrons. The smallest absolute Gasteiger partial charge is 0.181 e. The van der Waals surface area contributed by atoms with Crippen molar-refractivity contribution in [3.63, 3.8) is 0 Å². The second-order valence-corrected chi connectivity index (χ2v) is 9.81. The molecule has 3 N–H and O–H groups in total. The zero-order valence-corrected chi connectivity index (χ0v) is 22.2. The first kappa shape index (κ1) is 24.3. The van der Waals surface area contributed by atoms with Gasteiger partial charge in [-0.2, -0.15) is 16.4 Å². The summed E-state index contributed by atoms with van der Waals surface area (Å²) < 4.78 is 0. The van der Waals surface area contributed by atoms with Crippen LogP contribution in [0.2, 0.25) is 0 Å². The Balaban J connectivity index is 1.36. The Morgan fingerprint density at radius 1 is 1.03 bits per heavy atom. The van der Waals surface area contributed by atoms with Crippen molar-refractivity contribution in [2.24, 2.45) is 0 Å². The number of H-pyrrole nitrogens is 2. The lowest BCUT2D eigenvalue weighted by molar-refractivity contribution is 1.10. The molecule has 5 heterocycles. The quantitative estimate of drug-likeness (QED) is 0.176. The molecule has 0 aliphatic carbocycles. The van der Waals surface area contributed by atoms with E-state index in [-0.39, 0.29) is 0 Å². The Kier molecular flexibility index (Phi) is 6.49. The van der Waals surface area contributed by atoms with Crippen LogP contribution in [0.3, 0.4) is 0 Å². The number of aromatic amines is 2. The van der Waals surface area contributed by atoms with Crippen molar-refractivity contribution in [2.75, 3.05) is 0 Å². The lowest BCUT2D eigenvalue weighted by Gasteiger charge is -2.12. The van der Waals surface area contributed by atoms with Gasteiger partial charge in [0, 0.05) is 56.6 Å². The molecule has 6 aromatic rings. The summed E-state index contributed by atoms with van der Waals surface area (Å²) in [6.45, 7) is 10.2. The number of rotatable bonds is 8. The number of thiophene rings is 1. The van der Waals surface area contributed by atoms with Gasteiger partial charge in [0.05, 0.1) is 17.1 Å². The number of nitrogens with one attached hydrogen (secondary N) is 3. The Morgan fingerprint density at radius 3 is 2.67 bits per heavy atom. The fraction of sp³-hybridized carbons (Fsp3) is 0.0312. The molecule has 0 atom stereocenters. The predicted octanol–water partition coefficient (Wildman–Crippen LogP) is 7.96. The molecular weight excluding hydrogens is 500 g/mol. The van der Waals surface area contributed by atoms with E-state index in [1.807, 2.05) is 61.8 Å². The van der Waals surface area contributed by atoms with Gasteiger partial charge >= 0.3 is 0 Å². The maximum Gasteiger partial charge on any atom is 0.181 e. The summed E-state index contributed by atoms with van der Waals surface area (Å²) in [7, 11) is 0. The van der Waals surface area contributed by atoms with E-state index in [9.17, 15) is 0 Å². The van der Waals surface area contributed by atoms with E-state index < -0.39 is 0 Å². The molecule has 39 heavy (non-hydrogen) atoms. The number of fused-ring (bicyclic) bond motifs is 2. The van der Waals surface area contributed by atoms with E-state index in [0.29, 0.717) is 5.65 Å². The van der Waals surface area contributed by atoms with E-state index in [1.165, 1.54) is 0 Å². The van der Waals surface area contributed by atoms with E-state index in [4.69, 9.17) is 0 Å². The van der Waals surface area contributed by atoms with Gasteiger partial charge in [0.1, 0.15) is 0 Å². The molecule has 6 rings (SSSR count). The van der Waals surface area contributed by atoms with Crippen molar-refractivity contribution < 1.29 is 0 Å². The van der Waals surface area contributed by atoms with Crippen molar-refractivity contribution >= 4 is 44.5 Å². The van der Waals surface area contributed by atoms with E-state index in [0.717, 1.165) is 67.0 Å². The number of benzene rings is 1. The molecular formula is C32H26N6S. The van der Waals surface area contributed by atoms with Crippen molar-refractivity contribution in [3.8, 4) is 22.6 Å². The average Bonchev–Trinajstić information content (AvgIpc) is 3.74. The molecule has 0 saturated carbocycles. The van der Waals surface area contributed by atoms with Crippen LogP contribution in [0.15, 0.2) is 115 Å². The van der Waals surface area contributed by atoms with Crippen molar-refractivity contribution in [1.82, 2.24) is 30.5 Å². The molecule has 0 amide bonds. The van der Waals surface area contributed by atoms with Crippen molar-refractivity contribution in [2.45, 2.75) is 6.92 Å². The van der Waals surface area contributed by atoms with Crippen LogP contribution in [0.4, 0.5) is 0 Å². The summed E-state index contributed by atoms with van der Waals surface area (Å²) in [5, 5.41) is 17.2. The normalized spacial score (nSPS) is 12.2. The van der Waals surface area contributed by atoms with Gasteiger partial charge in [-0.1, -0.05) is 49.6 Å². The monoisotopic (exact) mass is 526 g/mol. The maximum absolute atomic E-state index is 4.65. The summed E-state index contributed by atoms with van der Waals surface area (Å²) in [4.78, 5) is 12.8. The van der Waals surface area contributed by atoms with Crippen LogP contribution in [0.1, 0.15) is 18.1 Å². The Labute approximate surface area is 230 Å². The highest BCUT2D eigenvalue weighted by molar-refractivity contribution is 7.08. The van der Waals surface area contributed by atoms with Crippen LogP contribution in [0, 0.1) is 0 Å². The summed E-state index contributed by atoms with van der Waals surface area (Å²) in [6.07, 6.45) is 9.57. The maximum atomic E-state index is 4.65. The number of hydrogen-bond donors (Lipinski definition) is 3. The Bertz CT molecular complexity index is 1870. The molecule has 6 nitrogen and oxygen atoms in total. The van der Waals surface area contributed by atoms with Gasteiger partial charge in [-0.05, 0) is 59.9 Å². The summed E-state index contributed by atoms with van der Waals surface area (Å²) in [6, 6.07) is 18.3. The fourth-order valence-electron chi connectivity index (χ4n) is 4.61. The third-order valence-corrected chi connectivity index (χ3v) is 7.30. The molecule has 0 radical (unpaired) electrons. The minimum absolute atomic E-state index is 0.655. The lowest BCUT2D eigenvalue weighted by atomic mass is 10.0. The lowest BCUT2D eigenvalue weighted by Crippen LogP contribution is -2.09. The first-order valence-electron chi connectivity index (χ1n) is 12.5. The van der Waals surface area contributed by atoms with Gasteiger partial charge in [0.25, 0.3) is 0 Å². The van der Waals surface area contributed by atoms with Crippen LogP contribution in [-0.4, -0.2) is 25.1 Å². The van der Waals surface area contributed by atoms with Gasteiger partial charge < -0.3 is 10.3 Å². The van der Waals surface area contributed by atoms with Crippen LogP contribution < -0.4 is 5.32 Å². The number of aromatic nitrogens is 5. The van der Waals surface area contributed by atoms with Crippen molar-refractivity contribution in [3.05, 3.63) is 126 Å². The first-order chi connectivity index (χ1) is 19.1. The fourth-order valence-corrected chi connectivity index (χ4v) is 5.25. The molecule has 0 aliphatic rings. The highest BCUT2D eigenvalue weighted by atomic mass is 32.1. The van der Waals surface area contributed by atoms with Gasteiger partial charge in [-0.3, -0.25) is 10.1 Å². The molecule has 0 bridgehead atoms. The summed E-state index contributed by atoms with van der Waals surface area (Å²) >= 11 is 1.66. The predicted molar refractivity (Wildman–Crippen MR) is 163 cm³/mol. The first-order valence-corrected chi connectivity index (χ1v) is 13.5. The van der Waals surface area contributed by atoms with Gasteiger partial charge in [0.2, 0.25) is 0 Å². The van der Waals surface area contributed by atoms with Crippen LogP contribution in [0.5, 0.6) is 0 Å². The molecule has 0 unspecified atom stereocenters. The standard InChI is InChI=1S/C32H26N6S/c1-4-21(15-25(5-2)35-20(3)22-9-7-6-8-10-22)24-16-27-31(37-38-32(27)34-18-24)29-17-26-28(36-29)11-13-33-30(26)23-12-14-39-19-23/h4-19,35-36H,2-3H2,1H3,(H,34,37,38)/b21-4+,25-15+. The van der Waals surface area contributed by atoms with Crippen LogP contribution in [0.25, 0.3) is 55.9 Å². The van der Waals surface area contributed by atoms with Gasteiger partial charge in [-0.15, -0.1) is 0 Å². The van der Waals surface area contributed by atoms with Crippen LogP contribution >= 0.6 is 11.3 Å².